The maximum Gasteiger partial charge on any atom is 0.274 e. The van der Waals surface area contributed by atoms with Gasteiger partial charge >= 0.3 is 0 Å². The van der Waals surface area contributed by atoms with E-state index in [1.165, 1.54) is 0 Å². The molecule has 1 aromatic rings. The quantitative estimate of drug-likeness (QED) is 0.622. The highest BCUT2D eigenvalue weighted by Crippen LogP contribution is 2.32. The summed E-state index contributed by atoms with van der Waals surface area (Å²) in [5.41, 5.74) is 8.40. The van der Waals surface area contributed by atoms with Crippen molar-refractivity contribution in [3.63, 3.8) is 0 Å². The number of hydrogen-bond donors (Lipinski definition) is 3. The molecule has 0 spiro atoms. The van der Waals surface area contributed by atoms with E-state index >= 15 is 0 Å². The van der Waals surface area contributed by atoms with Crippen molar-refractivity contribution >= 4 is 15.9 Å². The molecule has 5 N–H and O–H groups in total. The standard InChI is InChI=1S/C9H13N3O2S/c10-7-2-3-8-6(5-7)1-4-9(8)12-15(11,13)14/h2-3,5,9,12H,1,4,10H2,(H2,11,13,14). The summed E-state index contributed by atoms with van der Waals surface area (Å²) in [5.74, 6) is 0. The summed E-state index contributed by atoms with van der Waals surface area (Å²) >= 11 is 0. The van der Waals surface area contributed by atoms with Crippen LogP contribution in [-0.2, 0) is 16.6 Å². The maximum atomic E-state index is 10.9. The van der Waals surface area contributed by atoms with E-state index in [-0.39, 0.29) is 6.04 Å². The summed E-state index contributed by atoms with van der Waals surface area (Å²) in [6.45, 7) is 0. The van der Waals surface area contributed by atoms with Gasteiger partial charge in [-0.15, -0.1) is 0 Å². The fraction of sp³-hybridized carbons (Fsp3) is 0.333. The van der Waals surface area contributed by atoms with Gasteiger partial charge in [-0.3, -0.25) is 0 Å². The predicted octanol–water partition coefficient (Wildman–Crippen LogP) is 0.0492. The van der Waals surface area contributed by atoms with Crippen molar-refractivity contribution in [2.45, 2.75) is 18.9 Å². The first-order chi connectivity index (χ1) is 6.96. The number of rotatable bonds is 2. The maximum absolute atomic E-state index is 10.9. The largest absolute Gasteiger partial charge is 0.399 e. The van der Waals surface area contributed by atoms with Gasteiger partial charge in [-0.2, -0.15) is 13.1 Å². The van der Waals surface area contributed by atoms with Crippen LogP contribution in [0.1, 0.15) is 23.6 Å². The molecule has 1 aliphatic rings. The smallest absolute Gasteiger partial charge is 0.274 e. The lowest BCUT2D eigenvalue weighted by atomic mass is 10.1. The van der Waals surface area contributed by atoms with Crippen molar-refractivity contribution in [3.8, 4) is 0 Å². The summed E-state index contributed by atoms with van der Waals surface area (Å²) < 4.78 is 24.2. The van der Waals surface area contributed by atoms with Gasteiger partial charge in [0.25, 0.3) is 10.2 Å². The Morgan fingerprint density at radius 3 is 2.80 bits per heavy atom. The highest BCUT2D eigenvalue weighted by atomic mass is 32.2. The third kappa shape index (κ3) is 2.28. The van der Waals surface area contributed by atoms with Gasteiger partial charge in [0.2, 0.25) is 0 Å². The molecule has 82 valence electrons. The average Bonchev–Trinajstić information content (AvgIpc) is 2.45. The van der Waals surface area contributed by atoms with Crippen LogP contribution in [0.4, 0.5) is 5.69 Å². The Hall–Kier alpha value is -1.11. The molecular weight excluding hydrogens is 214 g/mol. The van der Waals surface area contributed by atoms with Crippen molar-refractivity contribution in [2.24, 2.45) is 5.14 Å². The molecule has 1 atom stereocenters. The Balaban J connectivity index is 2.29. The zero-order valence-corrected chi connectivity index (χ0v) is 8.92. The van der Waals surface area contributed by atoms with E-state index in [2.05, 4.69) is 4.72 Å². The zero-order chi connectivity index (χ0) is 11.1. The van der Waals surface area contributed by atoms with Gasteiger partial charge in [-0.25, -0.2) is 5.14 Å². The Morgan fingerprint density at radius 1 is 1.40 bits per heavy atom. The van der Waals surface area contributed by atoms with E-state index in [1.54, 1.807) is 6.07 Å². The SMILES string of the molecule is Nc1ccc2c(c1)CCC2NS(N)(=O)=O. The van der Waals surface area contributed by atoms with Gasteiger partial charge < -0.3 is 5.73 Å². The minimum Gasteiger partial charge on any atom is -0.399 e. The minimum absolute atomic E-state index is 0.212. The molecule has 1 aliphatic carbocycles. The number of benzene rings is 1. The van der Waals surface area contributed by atoms with Crippen LogP contribution in [0.2, 0.25) is 0 Å². The summed E-state index contributed by atoms with van der Waals surface area (Å²) in [4.78, 5) is 0. The molecule has 0 saturated carbocycles. The van der Waals surface area contributed by atoms with Crippen molar-refractivity contribution in [3.05, 3.63) is 29.3 Å². The summed E-state index contributed by atoms with van der Waals surface area (Å²) in [6.07, 6.45) is 1.56. The van der Waals surface area contributed by atoms with Crippen LogP contribution in [0.15, 0.2) is 18.2 Å². The summed E-state index contributed by atoms with van der Waals surface area (Å²) in [5, 5.41) is 4.94. The van der Waals surface area contributed by atoms with Gasteiger partial charge in [0.05, 0.1) is 0 Å². The van der Waals surface area contributed by atoms with E-state index < -0.39 is 10.2 Å². The van der Waals surface area contributed by atoms with Crippen LogP contribution in [0, 0.1) is 0 Å². The van der Waals surface area contributed by atoms with Gasteiger partial charge in [0.1, 0.15) is 0 Å². The lowest BCUT2D eigenvalue weighted by Crippen LogP contribution is -2.33. The average molecular weight is 227 g/mol. The van der Waals surface area contributed by atoms with Gasteiger partial charge in [-0.05, 0) is 36.1 Å². The third-order valence-electron chi connectivity index (χ3n) is 2.55. The molecule has 0 aromatic heterocycles. The monoisotopic (exact) mass is 227 g/mol. The minimum atomic E-state index is -3.64. The second-order valence-corrected chi connectivity index (χ2v) is 5.04. The molecule has 0 bridgehead atoms. The molecule has 2 rings (SSSR count). The lowest BCUT2D eigenvalue weighted by Gasteiger charge is -2.11. The second-order valence-electron chi connectivity index (χ2n) is 3.71. The number of nitrogens with one attached hydrogen (secondary N) is 1. The molecule has 0 saturated heterocycles. The topological polar surface area (TPSA) is 98.2 Å². The fourth-order valence-electron chi connectivity index (χ4n) is 1.96. The highest BCUT2D eigenvalue weighted by molar-refractivity contribution is 7.87. The third-order valence-corrected chi connectivity index (χ3v) is 3.16. The predicted molar refractivity (Wildman–Crippen MR) is 58.2 cm³/mol. The second kappa shape index (κ2) is 3.48. The van der Waals surface area contributed by atoms with Crippen LogP contribution >= 0.6 is 0 Å². The Labute approximate surface area is 88.6 Å². The van der Waals surface area contributed by atoms with Crippen LogP contribution in [0.3, 0.4) is 0 Å². The first-order valence-corrected chi connectivity index (χ1v) is 6.19. The van der Waals surface area contributed by atoms with E-state index in [1.807, 2.05) is 12.1 Å². The normalized spacial score (nSPS) is 20.2. The van der Waals surface area contributed by atoms with Crippen molar-refractivity contribution in [2.75, 3.05) is 5.73 Å². The molecule has 0 radical (unpaired) electrons. The molecule has 1 unspecified atom stereocenters. The Kier molecular flexibility index (Phi) is 2.41. The fourth-order valence-corrected chi connectivity index (χ4v) is 2.60. The number of aryl methyl sites for hydroxylation is 1. The Bertz CT molecular complexity index is 484. The van der Waals surface area contributed by atoms with Crippen molar-refractivity contribution in [1.82, 2.24) is 4.72 Å². The first kappa shape index (κ1) is 10.4. The number of hydrogen-bond acceptors (Lipinski definition) is 3. The molecule has 15 heavy (non-hydrogen) atoms. The molecule has 0 heterocycles. The van der Waals surface area contributed by atoms with Crippen LogP contribution in [0.25, 0.3) is 0 Å². The molecule has 1 aromatic carbocycles. The highest BCUT2D eigenvalue weighted by Gasteiger charge is 2.24. The number of fused-ring (bicyclic) bond motifs is 1. The van der Waals surface area contributed by atoms with E-state index in [0.29, 0.717) is 5.69 Å². The zero-order valence-electron chi connectivity index (χ0n) is 8.10. The van der Waals surface area contributed by atoms with Gasteiger partial charge in [-0.1, -0.05) is 6.07 Å². The molecule has 5 nitrogen and oxygen atoms in total. The molecule has 0 aliphatic heterocycles. The molecule has 0 amide bonds. The number of nitrogen functional groups attached to an aromatic ring is 1. The van der Waals surface area contributed by atoms with Crippen LogP contribution in [-0.4, -0.2) is 8.42 Å². The van der Waals surface area contributed by atoms with E-state index in [0.717, 1.165) is 24.0 Å². The number of nitrogens with two attached hydrogens (primary N) is 2. The van der Waals surface area contributed by atoms with Gasteiger partial charge in [0, 0.05) is 11.7 Å². The molecule has 6 heteroatoms. The first-order valence-electron chi connectivity index (χ1n) is 4.64. The van der Waals surface area contributed by atoms with Crippen LogP contribution in [0.5, 0.6) is 0 Å². The number of anilines is 1. The molecule has 0 fully saturated rings. The summed E-state index contributed by atoms with van der Waals surface area (Å²) in [6, 6.07) is 5.28. The summed E-state index contributed by atoms with van der Waals surface area (Å²) in [7, 11) is -3.64. The van der Waals surface area contributed by atoms with E-state index in [9.17, 15) is 8.42 Å². The Morgan fingerprint density at radius 2 is 2.13 bits per heavy atom. The van der Waals surface area contributed by atoms with Crippen molar-refractivity contribution < 1.29 is 8.42 Å². The lowest BCUT2D eigenvalue weighted by molar-refractivity contribution is 0.556. The van der Waals surface area contributed by atoms with Gasteiger partial charge in [0.15, 0.2) is 0 Å². The molecular formula is C9H13N3O2S. The van der Waals surface area contributed by atoms with E-state index in [4.69, 9.17) is 10.9 Å². The van der Waals surface area contributed by atoms with Crippen LogP contribution < -0.4 is 15.6 Å². The van der Waals surface area contributed by atoms with Crippen molar-refractivity contribution in [1.29, 1.82) is 0 Å².